The summed E-state index contributed by atoms with van der Waals surface area (Å²) >= 11 is 0. The van der Waals surface area contributed by atoms with Crippen LogP contribution in [0.4, 0.5) is 14.9 Å². The fourth-order valence-electron chi connectivity index (χ4n) is 4.35. The Balaban J connectivity index is 1.50. The number of carboxylic acid groups (broad SMARTS) is 1. The molecule has 1 aliphatic heterocycles. The summed E-state index contributed by atoms with van der Waals surface area (Å²) in [6, 6.07) is 10.5. The van der Waals surface area contributed by atoms with Gasteiger partial charge in [0.2, 0.25) is 0 Å². The number of halogens is 1. The average molecular weight is 380 g/mol. The van der Waals surface area contributed by atoms with Crippen molar-refractivity contribution in [1.82, 2.24) is 14.7 Å². The summed E-state index contributed by atoms with van der Waals surface area (Å²) in [6.45, 7) is 4.02. The number of carbonyl (C=O) groups is 1. The number of rotatable bonds is 2. The molecule has 0 radical (unpaired) electrons. The SMILES string of the molecule is Cc1cc2c(cnn2-c2ccc(F)cc2)cc1N1CCN(C(=O)O)C2(CC2)C1. The molecule has 2 fully saturated rings. The van der Waals surface area contributed by atoms with E-state index in [1.54, 1.807) is 17.0 Å². The van der Waals surface area contributed by atoms with E-state index in [1.165, 1.54) is 12.1 Å². The monoisotopic (exact) mass is 380 g/mol. The predicted octanol–water partition coefficient (Wildman–Crippen LogP) is 3.81. The minimum Gasteiger partial charge on any atom is -0.465 e. The van der Waals surface area contributed by atoms with Crippen molar-refractivity contribution in [3.05, 3.63) is 54.0 Å². The van der Waals surface area contributed by atoms with Crippen LogP contribution in [0.3, 0.4) is 0 Å². The highest BCUT2D eigenvalue weighted by molar-refractivity contribution is 5.86. The van der Waals surface area contributed by atoms with Gasteiger partial charge in [-0.3, -0.25) is 4.90 Å². The third kappa shape index (κ3) is 2.61. The first kappa shape index (κ1) is 17.0. The van der Waals surface area contributed by atoms with Crippen LogP contribution in [0.15, 0.2) is 42.6 Å². The lowest BCUT2D eigenvalue weighted by Crippen LogP contribution is -2.56. The number of aromatic nitrogens is 2. The van der Waals surface area contributed by atoms with Gasteiger partial charge in [0.05, 0.1) is 22.9 Å². The lowest BCUT2D eigenvalue weighted by atomic mass is 10.1. The van der Waals surface area contributed by atoms with Crippen LogP contribution in [0.5, 0.6) is 0 Å². The lowest BCUT2D eigenvalue weighted by Gasteiger charge is -2.42. The van der Waals surface area contributed by atoms with Crippen molar-refractivity contribution in [3.63, 3.8) is 0 Å². The van der Waals surface area contributed by atoms with Gasteiger partial charge in [-0.25, -0.2) is 13.9 Å². The molecular formula is C21H21FN4O2. The molecule has 0 unspecified atom stereocenters. The molecule has 0 bridgehead atoms. The topological polar surface area (TPSA) is 61.6 Å². The number of piperazine rings is 1. The quantitative estimate of drug-likeness (QED) is 0.735. The molecule has 5 rings (SSSR count). The predicted molar refractivity (Wildman–Crippen MR) is 105 cm³/mol. The molecule has 3 aromatic rings. The van der Waals surface area contributed by atoms with Crippen LogP contribution in [0.1, 0.15) is 18.4 Å². The second-order valence-electron chi connectivity index (χ2n) is 7.81. The number of fused-ring (bicyclic) bond motifs is 1. The third-order valence-corrected chi connectivity index (χ3v) is 6.01. The molecule has 1 amide bonds. The minimum atomic E-state index is -0.815. The summed E-state index contributed by atoms with van der Waals surface area (Å²) in [6.07, 6.45) is 2.87. The van der Waals surface area contributed by atoms with Crippen LogP contribution >= 0.6 is 0 Å². The van der Waals surface area contributed by atoms with E-state index in [1.807, 2.05) is 10.9 Å². The number of nitrogens with zero attached hydrogens (tertiary/aromatic N) is 4. The van der Waals surface area contributed by atoms with E-state index >= 15 is 0 Å². The van der Waals surface area contributed by atoms with E-state index in [4.69, 9.17) is 0 Å². The molecule has 28 heavy (non-hydrogen) atoms. The molecule has 7 heteroatoms. The molecule has 2 aliphatic rings. The number of anilines is 1. The molecule has 2 heterocycles. The lowest BCUT2D eigenvalue weighted by molar-refractivity contribution is 0.110. The zero-order chi connectivity index (χ0) is 19.5. The molecular weight excluding hydrogens is 359 g/mol. The molecule has 0 atom stereocenters. The maximum atomic E-state index is 13.2. The van der Waals surface area contributed by atoms with E-state index in [9.17, 15) is 14.3 Å². The molecule has 2 aromatic carbocycles. The van der Waals surface area contributed by atoms with Crippen LogP contribution in [-0.4, -0.2) is 51.1 Å². The van der Waals surface area contributed by atoms with Gasteiger partial charge in [-0.05, 0) is 61.7 Å². The fourth-order valence-corrected chi connectivity index (χ4v) is 4.35. The van der Waals surface area contributed by atoms with Crippen molar-refractivity contribution in [2.24, 2.45) is 0 Å². The second-order valence-corrected chi connectivity index (χ2v) is 7.81. The summed E-state index contributed by atoms with van der Waals surface area (Å²) in [5, 5.41) is 15.0. The van der Waals surface area contributed by atoms with Crippen molar-refractivity contribution in [2.75, 3.05) is 24.5 Å². The second kappa shape index (κ2) is 5.95. The Labute approximate surface area is 161 Å². The molecule has 1 spiro atoms. The Morgan fingerprint density at radius 2 is 1.93 bits per heavy atom. The van der Waals surface area contributed by atoms with Crippen LogP contribution < -0.4 is 4.90 Å². The summed E-state index contributed by atoms with van der Waals surface area (Å²) in [5.74, 6) is -0.270. The Kier molecular flexibility index (Phi) is 3.62. The first-order valence-corrected chi connectivity index (χ1v) is 9.47. The Morgan fingerprint density at radius 1 is 1.18 bits per heavy atom. The largest absolute Gasteiger partial charge is 0.465 e. The number of hydrogen-bond donors (Lipinski definition) is 1. The van der Waals surface area contributed by atoms with Crippen LogP contribution in [-0.2, 0) is 0 Å². The van der Waals surface area contributed by atoms with Gasteiger partial charge in [0.15, 0.2) is 0 Å². The van der Waals surface area contributed by atoms with Gasteiger partial charge < -0.3 is 10.0 Å². The first-order valence-electron chi connectivity index (χ1n) is 9.47. The fraction of sp³-hybridized carbons (Fsp3) is 0.333. The zero-order valence-electron chi connectivity index (χ0n) is 15.6. The highest BCUT2D eigenvalue weighted by Gasteiger charge is 2.53. The first-order chi connectivity index (χ1) is 13.5. The number of benzene rings is 2. The van der Waals surface area contributed by atoms with E-state index < -0.39 is 6.09 Å². The summed E-state index contributed by atoms with van der Waals surface area (Å²) < 4.78 is 15.1. The Bertz CT molecular complexity index is 1070. The Morgan fingerprint density at radius 3 is 2.61 bits per heavy atom. The van der Waals surface area contributed by atoms with Crippen molar-refractivity contribution < 1.29 is 14.3 Å². The van der Waals surface area contributed by atoms with Crippen molar-refractivity contribution in [1.29, 1.82) is 0 Å². The highest BCUT2D eigenvalue weighted by Crippen LogP contribution is 2.45. The van der Waals surface area contributed by atoms with E-state index in [-0.39, 0.29) is 11.4 Å². The van der Waals surface area contributed by atoms with E-state index in [0.717, 1.165) is 47.2 Å². The zero-order valence-corrected chi connectivity index (χ0v) is 15.6. The van der Waals surface area contributed by atoms with Crippen molar-refractivity contribution >= 4 is 22.7 Å². The molecule has 6 nitrogen and oxygen atoms in total. The summed E-state index contributed by atoms with van der Waals surface area (Å²) in [4.78, 5) is 15.4. The van der Waals surface area contributed by atoms with Gasteiger partial charge in [-0.2, -0.15) is 5.10 Å². The number of aryl methyl sites for hydroxylation is 1. The number of hydrogen-bond acceptors (Lipinski definition) is 3. The van der Waals surface area contributed by atoms with Crippen LogP contribution in [0.25, 0.3) is 16.6 Å². The Hall–Kier alpha value is -3.09. The third-order valence-electron chi connectivity index (χ3n) is 6.01. The van der Waals surface area contributed by atoms with Crippen LogP contribution in [0, 0.1) is 12.7 Å². The molecule has 1 N–H and O–H groups in total. The van der Waals surface area contributed by atoms with Crippen molar-refractivity contribution in [3.8, 4) is 5.69 Å². The molecule has 144 valence electrons. The standard InChI is InChI=1S/C21H21FN4O2/c1-14-10-19-15(12-23-26(19)17-4-2-16(22)3-5-17)11-18(14)24-8-9-25(20(27)28)21(13-24)6-7-21/h2-5,10-12H,6-9,13H2,1H3,(H,27,28). The maximum Gasteiger partial charge on any atom is 0.407 e. The molecule has 1 saturated carbocycles. The normalized spacial score (nSPS) is 18.1. The average Bonchev–Trinajstić information content (AvgIpc) is 3.30. The van der Waals surface area contributed by atoms with Gasteiger partial charge >= 0.3 is 6.09 Å². The number of amides is 1. The smallest absolute Gasteiger partial charge is 0.407 e. The van der Waals surface area contributed by atoms with Gasteiger partial charge in [-0.15, -0.1) is 0 Å². The summed E-state index contributed by atoms with van der Waals surface area (Å²) in [7, 11) is 0. The molecule has 1 aliphatic carbocycles. The minimum absolute atomic E-state index is 0.218. The van der Waals surface area contributed by atoms with Gasteiger partial charge in [-0.1, -0.05) is 0 Å². The van der Waals surface area contributed by atoms with Crippen molar-refractivity contribution in [2.45, 2.75) is 25.3 Å². The maximum absolute atomic E-state index is 13.2. The molecule has 1 saturated heterocycles. The summed E-state index contributed by atoms with van der Waals surface area (Å²) in [5.41, 5.74) is 3.82. The van der Waals surface area contributed by atoms with Gasteiger partial charge in [0, 0.05) is 30.7 Å². The van der Waals surface area contributed by atoms with Gasteiger partial charge in [0.25, 0.3) is 0 Å². The van der Waals surface area contributed by atoms with E-state index in [0.29, 0.717) is 13.1 Å². The van der Waals surface area contributed by atoms with Gasteiger partial charge in [0.1, 0.15) is 5.82 Å². The molecule has 1 aromatic heterocycles. The van der Waals surface area contributed by atoms with E-state index in [2.05, 4.69) is 29.1 Å². The van der Waals surface area contributed by atoms with Crippen LogP contribution in [0.2, 0.25) is 0 Å². The highest BCUT2D eigenvalue weighted by atomic mass is 19.1.